The lowest BCUT2D eigenvalue weighted by molar-refractivity contribution is -0.113. The van der Waals surface area contributed by atoms with Crippen LogP contribution in [-0.4, -0.2) is 21.9 Å². The van der Waals surface area contributed by atoms with Crippen molar-refractivity contribution in [2.45, 2.75) is 25.5 Å². The van der Waals surface area contributed by atoms with Crippen molar-refractivity contribution in [1.29, 1.82) is 0 Å². The molecule has 2 aromatic carbocycles. The van der Waals surface area contributed by atoms with Gasteiger partial charge in [0, 0.05) is 11.3 Å². The molecule has 3 aromatic rings. The van der Waals surface area contributed by atoms with Crippen LogP contribution in [0.2, 0.25) is 0 Å². The van der Waals surface area contributed by atoms with Gasteiger partial charge in [-0.2, -0.15) is 0 Å². The minimum absolute atomic E-state index is 0.141. The van der Waals surface area contributed by atoms with E-state index in [1.54, 1.807) is 12.1 Å². The zero-order chi connectivity index (χ0) is 18.5. The molecule has 0 saturated heterocycles. The maximum absolute atomic E-state index is 13.3. The molecule has 0 unspecified atom stereocenters. The maximum atomic E-state index is 13.3. The first-order valence-electron chi connectivity index (χ1n) is 8.17. The summed E-state index contributed by atoms with van der Waals surface area (Å²) in [5, 5.41) is 11.0. The number of carbonyl (C=O) groups is 1. The monoisotopic (exact) mass is 371 g/mol. The molecule has 7 heteroatoms. The van der Waals surface area contributed by atoms with Crippen LogP contribution in [0.1, 0.15) is 18.1 Å². The van der Waals surface area contributed by atoms with Crippen LogP contribution in [0, 0.1) is 12.7 Å². The third-order valence-corrected chi connectivity index (χ3v) is 4.63. The molecule has 1 N–H and O–H groups in total. The molecule has 0 aliphatic carbocycles. The van der Waals surface area contributed by atoms with Crippen LogP contribution in [0.25, 0.3) is 11.5 Å². The molecule has 0 aliphatic heterocycles. The fourth-order valence-electron chi connectivity index (χ4n) is 2.51. The molecule has 1 aromatic heterocycles. The summed E-state index contributed by atoms with van der Waals surface area (Å²) in [5.74, 6) is -0.161. The van der Waals surface area contributed by atoms with Crippen molar-refractivity contribution < 1.29 is 13.6 Å². The Labute approximate surface area is 155 Å². The Balaban J connectivity index is 1.62. The number of amides is 1. The average Bonchev–Trinajstić information content (AvgIpc) is 3.11. The van der Waals surface area contributed by atoms with E-state index in [1.165, 1.54) is 12.1 Å². The van der Waals surface area contributed by atoms with Crippen LogP contribution in [-0.2, 0) is 11.2 Å². The normalized spacial score (nSPS) is 10.7. The van der Waals surface area contributed by atoms with E-state index in [4.69, 9.17) is 4.42 Å². The molecular weight excluding hydrogens is 353 g/mol. The predicted molar refractivity (Wildman–Crippen MR) is 99.6 cm³/mol. The quantitative estimate of drug-likeness (QED) is 0.647. The number of aryl methyl sites for hydroxylation is 2. The van der Waals surface area contributed by atoms with E-state index in [0.29, 0.717) is 5.56 Å². The predicted octanol–water partition coefficient (Wildman–Crippen LogP) is 4.48. The van der Waals surface area contributed by atoms with Crippen LogP contribution >= 0.6 is 11.8 Å². The van der Waals surface area contributed by atoms with Crippen molar-refractivity contribution >= 4 is 23.4 Å². The lowest BCUT2D eigenvalue weighted by Crippen LogP contribution is -2.16. The first-order valence-corrected chi connectivity index (χ1v) is 9.16. The highest BCUT2D eigenvalue weighted by Crippen LogP contribution is 2.25. The Morgan fingerprint density at radius 2 is 2.04 bits per heavy atom. The summed E-state index contributed by atoms with van der Waals surface area (Å²) in [4.78, 5) is 12.3. The van der Waals surface area contributed by atoms with Crippen molar-refractivity contribution in [3.63, 3.8) is 0 Å². The summed E-state index contributed by atoms with van der Waals surface area (Å²) in [5.41, 5.74) is 3.47. The van der Waals surface area contributed by atoms with Gasteiger partial charge < -0.3 is 9.73 Å². The van der Waals surface area contributed by atoms with Gasteiger partial charge in [0.2, 0.25) is 11.8 Å². The van der Waals surface area contributed by atoms with Gasteiger partial charge in [0.25, 0.3) is 5.22 Å². The Hall–Kier alpha value is -2.67. The van der Waals surface area contributed by atoms with E-state index in [-0.39, 0.29) is 28.6 Å². The third kappa shape index (κ3) is 4.29. The van der Waals surface area contributed by atoms with E-state index in [0.717, 1.165) is 35.0 Å². The van der Waals surface area contributed by atoms with Gasteiger partial charge in [-0.15, -0.1) is 10.2 Å². The minimum Gasteiger partial charge on any atom is -0.411 e. The first-order chi connectivity index (χ1) is 12.6. The summed E-state index contributed by atoms with van der Waals surface area (Å²) in [6.07, 6.45) is 0.838. The Morgan fingerprint density at radius 3 is 2.81 bits per heavy atom. The smallest absolute Gasteiger partial charge is 0.277 e. The van der Waals surface area contributed by atoms with Crippen LogP contribution in [0.15, 0.2) is 52.1 Å². The second-order valence-electron chi connectivity index (χ2n) is 5.68. The molecule has 1 amide bonds. The highest BCUT2D eigenvalue weighted by Gasteiger charge is 2.13. The number of halogens is 1. The fourth-order valence-corrected chi connectivity index (χ4v) is 3.07. The second kappa shape index (κ2) is 8.14. The zero-order valence-electron chi connectivity index (χ0n) is 14.5. The zero-order valence-corrected chi connectivity index (χ0v) is 15.3. The van der Waals surface area contributed by atoms with Gasteiger partial charge >= 0.3 is 0 Å². The standard InChI is InChI=1S/C19H18FN3O2S/c1-3-13-7-4-6-12(2)17(13)21-16(24)11-26-19-23-22-18(25-19)14-8-5-9-15(20)10-14/h4-10H,3,11H2,1-2H3,(H,21,24). The summed E-state index contributed by atoms with van der Waals surface area (Å²) in [6, 6.07) is 11.9. The first kappa shape index (κ1) is 18.1. The van der Waals surface area contributed by atoms with E-state index < -0.39 is 0 Å². The number of nitrogens with one attached hydrogen (secondary N) is 1. The van der Waals surface area contributed by atoms with Gasteiger partial charge in [-0.25, -0.2) is 4.39 Å². The van der Waals surface area contributed by atoms with Gasteiger partial charge in [0.05, 0.1) is 5.75 Å². The SMILES string of the molecule is CCc1cccc(C)c1NC(=O)CSc1nnc(-c2cccc(F)c2)o1. The molecule has 1 heterocycles. The molecule has 5 nitrogen and oxygen atoms in total. The third-order valence-electron chi connectivity index (χ3n) is 3.81. The minimum atomic E-state index is -0.376. The number of hydrogen-bond acceptors (Lipinski definition) is 5. The van der Waals surface area contributed by atoms with E-state index >= 15 is 0 Å². The van der Waals surface area contributed by atoms with Gasteiger partial charge in [-0.1, -0.05) is 43.0 Å². The topological polar surface area (TPSA) is 68.0 Å². The molecule has 0 bridgehead atoms. The molecular formula is C19H18FN3O2S. The molecule has 0 aliphatic rings. The van der Waals surface area contributed by atoms with Crippen LogP contribution in [0.5, 0.6) is 0 Å². The maximum Gasteiger partial charge on any atom is 0.277 e. The molecule has 3 rings (SSSR count). The number of aromatic nitrogens is 2. The lowest BCUT2D eigenvalue weighted by atomic mass is 10.1. The summed E-state index contributed by atoms with van der Waals surface area (Å²) in [6.45, 7) is 4.01. The highest BCUT2D eigenvalue weighted by atomic mass is 32.2. The van der Waals surface area contributed by atoms with Crippen molar-refractivity contribution in [2.24, 2.45) is 0 Å². The molecule has 0 spiro atoms. The fraction of sp³-hybridized carbons (Fsp3) is 0.211. The number of carbonyl (C=O) groups excluding carboxylic acids is 1. The average molecular weight is 371 g/mol. The summed E-state index contributed by atoms with van der Waals surface area (Å²) >= 11 is 1.14. The Bertz CT molecular complexity index is 927. The number of rotatable bonds is 6. The molecule has 0 radical (unpaired) electrons. The second-order valence-corrected chi connectivity index (χ2v) is 6.61. The van der Waals surface area contributed by atoms with Gasteiger partial charge in [-0.3, -0.25) is 4.79 Å². The van der Waals surface area contributed by atoms with Crippen LogP contribution in [0.3, 0.4) is 0 Å². The lowest BCUT2D eigenvalue weighted by Gasteiger charge is -2.12. The van der Waals surface area contributed by atoms with E-state index in [1.807, 2.05) is 32.0 Å². The largest absolute Gasteiger partial charge is 0.411 e. The van der Waals surface area contributed by atoms with E-state index in [9.17, 15) is 9.18 Å². The van der Waals surface area contributed by atoms with Crippen LogP contribution < -0.4 is 5.32 Å². The van der Waals surface area contributed by atoms with Crippen molar-refractivity contribution in [1.82, 2.24) is 10.2 Å². The Morgan fingerprint density at radius 1 is 1.23 bits per heavy atom. The number of nitrogens with zero attached hydrogens (tertiary/aromatic N) is 2. The number of para-hydroxylation sites is 1. The Kier molecular flexibility index (Phi) is 5.68. The molecule has 0 saturated carbocycles. The van der Waals surface area contributed by atoms with Crippen molar-refractivity contribution in [3.8, 4) is 11.5 Å². The number of thioether (sulfide) groups is 1. The van der Waals surface area contributed by atoms with Gasteiger partial charge in [0.15, 0.2) is 0 Å². The summed E-state index contributed by atoms with van der Waals surface area (Å²) in [7, 11) is 0. The number of hydrogen-bond donors (Lipinski definition) is 1. The molecule has 26 heavy (non-hydrogen) atoms. The number of benzene rings is 2. The van der Waals surface area contributed by atoms with E-state index in [2.05, 4.69) is 15.5 Å². The van der Waals surface area contributed by atoms with Crippen molar-refractivity contribution in [2.75, 3.05) is 11.1 Å². The number of anilines is 1. The van der Waals surface area contributed by atoms with Gasteiger partial charge in [0.1, 0.15) is 5.82 Å². The summed E-state index contributed by atoms with van der Waals surface area (Å²) < 4.78 is 18.8. The molecule has 0 fully saturated rings. The molecule has 0 atom stereocenters. The molecule has 134 valence electrons. The van der Waals surface area contributed by atoms with Gasteiger partial charge in [-0.05, 0) is 42.7 Å². The van der Waals surface area contributed by atoms with Crippen molar-refractivity contribution in [3.05, 3.63) is 59.4 Å². The van der Waals surface area contributed by atoms with Crippen LogP contribution in [0.4, 0.5) is 10.1 Å². The highest BCUT2D eigenvalue weighted by molar-refractivity contribution is 7.99.